The van der Waals surface area contributed by atoms with Crippen LogP contribution in [0.4, 0.5) is 0 Å². The van der Waals surface area contributed by atoms with Gasteiger partial charge in [-0.2, -0.15) is 0 Å². The lowest BCUT2D eigenvalue weighted by molar-refractivity contribution is -0.139. The third-order valence-electron chi connectivity index (χ3n) is 2.36. The second-order valence-electron chi connectivity index (χ2n) is 6.95. The first-order chi connectivity index (χ1) is 10.9. The zero-order valence-electron chi connectivity index (χ0n) is 16.8. The molecule has 0 aliphatic heterocycles. The number of hydrogen-bond acceptors (Lipinski definition) is 4. The predicted octanol–water partition coefficient (Wildman–Crippen LogP) is 3.50. The topological polar surface area (TPSA) is 98.7 Å². The quantitative estimate of drug-likeness (QED) is 0.476. The zero-order chi connectivity index (χ0) is 19.7. The first-order valence-electron chi connectivity index (χ1n) is 8.84. The Hall–Kier alpha value is -1.14. The molecule has 0 radical (unpaired) electrons. The normalized spacial score (nSPS) is 10.3. The van der Waals surface area contributed by atoms with Crippen LogP contribution >= 0.6 is 0 Å². The fraction of sp³-hybridized carbons (Fsp3) is 0.889. The van der Waals surface area contributed by atoms with Crippen LogP contribution in [-0.4, -0.2) is 46.3 Å². The first kappa shape index (κ1) is 27.7. The molecule has 0 spiro atoms. The van der Waals surface area contributed by atoms with Gasteiger partial charge in [-0.3, -0.25) is 9.59 Å². The maximum atomic E-state index is 9.90. The molecule has 0 fully saturated rings. The Kier molecular flexibility index (Phi) is 21.0. The van der Waals surface area contributed by atoms with Crippen molar-refractivity contribution in [2.75, 3.05) is 0 Å². The van der Waals surface area contributed by atoms with Gasteiger partial charge in [-0.1, -0.05) is 55.4 Å². The molecule has 0 aromatic rings. The molecular formula is C18H40N2O4. The molecule has 0 unspecified atom stereocenters. The van der Waals surface area contributed by atoms with Crippen LogP contribution in [0.5, 0.6) is 0 Å². The summed E-state index contributed by atoms with van der Waals surface area (Å²) >= 11 is 0. The standard InChI is InChI=1S/2C6H15N.C6H10O4/c2*1-5(2)7-6(3)4;7-5(8)3-1-2-4-6(9)10/h2*5-7H,1-4H3;1-4H2,(H,7,8)(H,9,10). The van der Waals surface area contributed by atoms with Crippen molar-refractivity contribution in [2.45, 2.75) is 105 Å². The van der Waals surface area contributed by atoms with Crippen molar-refractivity contribution in [1.29, 1.82) is 0 Å². The van der Waals surface area contributed by atoms with Crippen LogP contribution in [-0.2, 0) is 9.59 Å². The van der Waals surface area contributed by atoms with Crippen LogP contribution in [0.1, 0.15) is 81.1 Å². The molecule has 24 heavy (non-hydrogen) atoms. The summed E-state index contributed by atoms with van der Waals surface area (Å²) < 4.78 is 0. The van der Waals surface area contributed by atoms with Gasteiger partial charge in [0.25, 0.3) is 0 Å². The third-order valence-corrected chi connectivity index (χ3v) is 2.36. The molecular weight excluding hydrogens is 308 g/mol. The van der Waals surface area contributed by atoms with E-state index in [0.717, 1.165) is 0 Å². The summed E-state index contributed by atoms with van der Waals surface area (Å²) in [6.07, 6.45) is 1.02. The number of unbranched alkanes of at least 4 members (excludes halogenated alkanes) is 1. The lowest BCUT2D eigenvalue weighted by Crippen LogP contribution is -2.29. The number of rotatable bonds is 9. The summed E-state index contributed by atoms with van der Waals surface area (Å²) in [7, 11) is 0. The third kappa shape index (κ3) is 42.8. The van der Waals surface area contributed by atoms with Crippen molar-refractivity contribution in [3.8, 4) is 0 Å². The first-order valence-corrected chi connectivity index (χ1v) is 8.84. The molecule has 0 aliphatic carbocycles. The fourth-order valence-corrected chi connectivity index (χ4v) is 1.89. The average Bonchev–Trinajstić information content (AvgIpc) is 2.32. The van der Waals surface area contributed by atoms with E-state index in [9.17, 15) is 9.59 Å². The maximum Gasteiger partial charge on any atom is 0.303 e. The van der Waals surface area contributed by atoms with E-state index < -0.39 is 11.9 Å². The minimum absolute atomic E-state index is 0.0628. The molecule has 0 amide bonds. The Morgan fingerprint density at radius 1 is 0.625 bits per heavy atom. The van der Waals surface area contributed by atoms with Crippen molar-refractivity contribution in [3.05, 3.63) is 0 Å². The van der Waals surface area contributed by atoms with E-state index in [1.165, 1.54) is 0 Å². The van der Waals surface area contributed by atoms with Gasteiger partial charge in [-0.25, -0.2) is 0 Å². The molecule has 0 saturated heterocycles. The monoisotopic (exact) mass is 348 g/mol. The molecule has 6 nitrogen and oxygen atoms in total. The largest absolute Gasteiger partial charge is 0.481 e. The second kappa shape index (κ2) is 18.2. The lowest BCUT2D eigenvalue weighted by atomic mass is 10.2. The summed E-state index contributed by atoms with van der Waals surface area (Å²) in [6.45, 7) is 17.2. The average molecular weight is 349 g/mol. The van der Waals surface area contributed by atoms with Gasteiger partial charge in [0.15, 0.2) is 0 Å². The molecule has 0 aromatic carbocycles. The summed E-state index contributed by atoms with van der Waals surface area (Å²) in [4.78, 5) is 19.8. The van der Waals surface area contributed by atoms with Gasteiger partial charge in [-0.15, -0.1) is 0 Å². The van der Waals surface area contributed by atoms with Crippen molar-refractivity contribution in [1.82, 2.24) is 10.6 Å². The minimum Gasteiger partial charge on any atom is -0.481 e. The van der Waals surface area contributed by atoms with Crippen molar-refractivity contribution >= 4 is 11.9 Å². The molecule has 0 saturated carbocycles. The molecule has 0 rings (SSSR count). The summed E-state index contributed by atoms with van der Waals surface area (Å²) in [5, 5.41) is 22.9. The molecule has 0 bridgehead atoms. The summed E-state index contributed by atoms with van der Waals surface area (Å²) in [6, 6.07) is 2.50. The Morgan fingerprint density at radius 2 is 0.833 bits per heavy atom. The van der Waals surface area contributed by atoms with Crippen LogP contribution in [0.15, 0.2) is 0 Å². The van der Waals surface area contributed by atoms with Gasteiger partial charge in [0.1, 0.15) is 0 Å². The maximum absolute atomic E-state index is 9.90. The van der Waals surface area contributed by atoms with E-state index in [1.54, 1.807) is 0 Å². The highest BCUT2D eigenvalue weighted by atomic mass is 16.4. The van der Waals surface area contributed by atoms with Crippen molar-refractivity contribution < 1.29 is 19.8 Å². The molecule has 0 atom stereocenters. The Bertz CT molecular complexity index is 261. The summed E-state index contributed by atoms with van der Waals surface area (Å²) in [5.74, 6) is -1.74. The zero-order valence-corrected chi connectivity index (χ0v) is 16.8. The van der Waals surface area contributed by atoms with Gasteiger partial charge in [0, 0.05) is 37.0 Å². The van der Waals surface area contributed by atoms with Gasteiger partial charge >= 0.3 is 11.9 Å². The number of hydrogen-bond donors (Lipinski definition) is 4. The van der Waals surface area contributed by atoms with E-state index in [0.29, 0.717) is 37.0 Å². The highest BCUT2D eigenvalue weighted by Crippen LogP contribution is 1.98. The van der Waals surface area contributed by atoms with Crippen LogP contribution in [0.2, 0.25) is 0 Å². The predicted molar refractivity (Wildman–Crippen MR) is 101 cm³/mol. The number of carboxylic acid groups (broad SMARTS) is 2. The van der Waals surface area contributed by atoms with Crippen LogP contribution < -0.4 is 10.6 Å². The molecule has 0 aliphatic rings. The highest BCUT2D eigenvalue weighted by molar-refractivity contribution is 5.67. The van der Waals surface area contributed by atoms with Crippen LogP contribution in [0.3, 0.4) is 0 Å². The van der Waals surface area contributed by atoms with E-state index in [-0.39, 0.29) is 12.8 Å². The van der Waals surface area contributed by atoms with Crippen LogP contribution in [0.25, 0.3) is 0 Å². The number of nitrogens with one attached hydrogen (secondary N) is 2. The summed E-state index contributed by atoms with van der Waals surface area (Å²) in [5.41, 5.74) is 0. The Morgan fingerprint density at radius 3 is 0.917 bits per heavy atom. The van der Waals surface area contributed by atoms with Gasteiger partial charge < -0.3 is 20.8 Å². The van der Waals surface area contributed by atoms with Gasteiger partial charge in [-0.05, 0) is 12.8 Å². The van der Waals surface area contributed by atoms with E-state index >= 15 is 0 Å². The van der Waals surface area contributed by atoms with E-state index in [2.05, 4.69) is 66.0 Å². The van der Waals surface area contributed by atoms with E-state index in [4.69, 9.17) is 10.2 Å². The molecule has 0 aromatic heterocycles. The Labute approximate surface area is 148 Å². The van der Waals surface area contributed by atoms with Gasteiger partial charge in [0.05, 0.1) is 0 Å². The second-order valence-corrected chi connectivity index (χ2v) is 6.95. The molecule has 4 N–H and O–H groups in total. The van der Waals surface area contributed by atoms with E-state index in [1.807, 2.05) is 0 Å². The molecule has 0 heterocycles. The number of aliphatic carboxylic acids is 2. The fourth-order valence-electron chi connectivity index (χ4n) is 1.89. The minimum atomic E-state index is -0.870. The molecule has 146 valence electrons. The number of carbonyl (C=O) groups is 2. The smallest absolute Gasteiger partial charge is 0.303 e. The van der Waals surface area contributed by atoms with Crippen LogP contribution in [0, 0.1) is 0 Å². The van der Waals surface area contributed by atoms with Gasteiger partial charge in [0.2, 0.25) is 0 Å². The van der Waals surface area contributed by atoms with Crippen molar-refractivity contribution in [3.63, 3.8) is 0 Å². The van der Waals surface area contributed by atoms with Crippen molar-refractivity contribution in [2.24, 2.45) is 0 Å². The SMILES string of the molecule is CC(C)NC(C)C.CC(C)NC(C)C.O=C(O)CCCCC(=O)O. The Balaban J connectivity index is -0.000000283. The molecule has 6 heteroatoms. The lowest BCUT2D eigenvalue weighted by Gasteiger charge is -2.10. The number of carboxylic acids is 2. The highest BCUT2D eigenvalue weighted by Gasteiger charge is 1.99.